The predicted octanol–water partition coefficient (Wildman–Crippen LogP) is -0.117. The van der Waals surface area contributed by atoms with E-state index in [1.807, 2.05) is 0 Å². The van der Waals surface area contributed by atoms with Crippen LogP contribution in [0.3, 0.4) is 0 Å². The molecule has 2 aromatic carbocycles. The van der Waals surface area contributed by atoms with Gasteiger partial charge in [-0.3, -0.25) is 19.2 Å². The van der Waals surface area contributed by atoms with Gasteiger partial charge in [-0.25, -0.2) is 4.39 Å². The average molecular weight is 634 g/mol. The molecule has 3 aliphatic rings. The molecule has 0 bridgehead atoms. The number of phenols is 2. The Morgan fingerprint density at radius 2 is 1.78 bits per heavy atom. The van der Waals surface area contributed by atoms with Gasteiger partial charge in [0, 0.05) is 29.5 Å². The topological polar surface area (TPSA) is 232 Å². The number of hydrogen-bond acceptors (Lipinski definition) is 14. The summed E-state index contributed by atoms with van der Waals surface area (Å²) in [4.78, 5) is 52.2. The lowest BCUT2D eigenvalue weighted by atomic mass is 9.71. The van der Waals surface area contributed by atoms with Crippen molar-refractivity contribution < 1.29 is 68.0 Å². The van der Waals surface area contributed by atoms with E-state index in [0.29, 0.717) is 0 Å². The predicted molar refractivity (Wildman–Crippen MR) is 148 cm³/mol. The smallest absolute Gasteiger partial charge is 0.320 e. The highest BCUT2D eigenvalue weighted by Crippen LogP contribution is 2.53. The van der Waals surface area contributed by atoms with Crippen molar-refractivity contribution in [2.24, 2.45) is 5.73 Å². The van der Waals surface area contributed by atoms with Crippen molar-refractivity contribution in [3.8, 4) is 17.2 Å². The van der Waals surface area contributed by atoms with E-state index in [0.717, 1.165) is 6.92 Å². The van der Waals surface area contributed by atoms with Crippen LogP contribution in [0.15, 0.2) is 18.2 Å². The van der Waals surface area contributed by atoms with E-state index < -0.39 is 114 Å². The van der Waals surface area contributed by atoms with Gasteiger partial charge >= 0.3 is 5.97 Å². The first-order valence-electron chi connectivity index (χ1n) is 13.9. The van der Waals surface area contributed by atoms with E-state index in [1.54, 1.807) is 0 Å². The first-order valence-corrected chi connectivity index (χ1v) is 13.9. The van der Waals surface area contributed by atoms with Crippen LogP contribution < -0.4 is 10.5 Å². The Kier molecular flexibility index (Phi) is 8.23. The van der Waals surface area contributed by atoms with E-state index in [9.17, 15) is 44.7 Å². The molecule has 7 N–H and O–H groups in total. The highest BCUT2D eigenvalue weighted by Gasteiger charge is 2.56. The number of carbonyl (C=O) groups is 4. The zero-order valence-electron chi connectivity index (χ0n) is 24.4. The maximum Gasteiger partial charge on any atom is 0.320 e. The Bertz CT molecular complexity index is 1610. The average Bonchev–Trinajstić information content (AvgIpc) is 3.01. The lowest BCUT2D eigenvalue weighted by molar-refractivity contribution is -0.324. The molecule has 0 amide bonds. The number of carbonyl (C=O) groups excluding carboxylic acids is 4. The van der Waals surface area contributed by atoms with Gasteiger partial charge in [0.25, 0.3) is 0 Å². The normalized spacial score (nSPS) is 30.6. The molecule has 242 valence electrons. The third-order valence-corrected chi connectivity index (χ3v) is 8.60. The van der Waals surface area contributed by atoms with Gasteiger partial charge in [0.05, 0.1) is 42.6 Å². The number of alkyl halides is 1. The summed E-state index contributed by atoms with van der Waals surface area (Å²) in [6.45, 7) is 0.679. The van der Waals surface area contributed by atoms with Crippen molar-refractivity contribution in [2.75, 3.05) is 20.3 Å². The van der Waals surface area contributed by atoms with Crippen LogP contribution in [-0.4, -0.2) is 105 Å². The summed E-state index contributed by atoms with van der Waals surface area (Å²) in [6, 6.07) is 4.18. The van der Waals surface area contributed by atoms with Gasteiger partial charge in [-0.2, -0.15) is 0 Å². The van der Waals surface area contributed by atoms with Crippen LogP contribution in [0.4, 0.5) is 4.39 Å². The Morgan fingerprint density at radius 1 is 1.11 bits per heavy atom. The van der Waals surface area contributed by atoms with Crippen LogP contribution in [0.25, 0.3) is 0 Å². The third kappa shape index (κ3) is 5.05. The van der Waals surface area contributed by atoms with Crippen molar-refractivity contribution in [1.29, 1.82) is 0 Å². The monoisotopic (exact) mass is 633 g/mol. The molecule has 5 rings (SSSR count). The van der Waals surface area contributed by atoms with E-state index >= 15 is 4.39 Å². The summed E-state index contributed by atoms with van der Waals surface area (Å²) in [6.07, 6.45) is -10.1. The van der Waals surface area contributed by atoms with Crippen molar-refractivity contribution in [1.82, 2.24) is 0 Å². The van der Waals surface area contributed by atoms with Crippen LogP contribution in [0.2, 0.25) is 0 Å². The first kappa shape index (κ1) is 32.4. The quantitative estimate of drug-likeness (QED) is 0.147. The minimum atomic E-state index is -2.79. The number of ether oxygens (including phenoxy) is 4. The minimum absolute atomic E-state index is 0.0123. The van der Waals surface area contributed by atoms with Gasteiger partial charge in [0.2, 0.25) is 11.6 Å². The number of phenolic OH excluding ortho intramolecular Hbond substituents is 2. The minimum Gasteiger partial charge on any atom is -0.507 e. The molecule has 0 radical (unpaired) electrons. The molecule has 14 nitrogen and oxygen atoms in total. The van der Waals surface area contributed by atoms with Gasteiger partial charge in [-0.15, -0.1) is 0 Å². The number of esters is 1. The second kappa shape index (κ2) is 11.4. The first-order chi connectivity index (χ1) is 21.1. The Balaban J connectivity index is 1.68. The number of ketones is 3. The highest BCUT2D eigenvalue weighted by molar-refractivity contribution is 6.31. The number of hydrogen-bond donors (Lipinski definition) is 6. The number of fused-ring (bicyclic) bond motifs is 3. The summed E-state index contributed by atoms with van der Waals surface area (Å²) >= 11 is 0. The number of benzene rings is 2. The van der Waals surface area contributed by atoms with Gasteiger partial charge in [-0.1, -0.05) is 12.1 Å². The summed E-state index contributed by atoms with van der Waals surface area (Å²) in [5.74, 6) is -5.53. The summed E-state index contributed by atoms with van der Waals surface area (Å²) in [5.41, 5.74) is -2.39. The van der Waals surface area contributed by atoms with Crippen LogP contribution in [0, 0.1) is 0 Å². The molecule has 1 saturated heterocycles. The maximum atomic E-state index is 15.8. The second-order valence-corrected chi connectivity index (χ2v) is 11.5. The number of rotatable bonds is 7. The van der Waals surface area contributed by atoms with E-state index in [1.165, 1.54) is 32.2 Å². The summed E-state index contributed by atoms with van der Waals surface area (Å²) in [5, 5.41) is 55.3. The van der Waals surface area contributed by atoms with Crippen LogP contribution in [0.5, 0.6) is 17.2 Å². The number of Topliss-reactive ketones (excluding diaryl/α,β-unsaturated/α-hetero) is 1. The van der Waals surface area contributed by atoms with Gasteiger partial charge in [0.15, 0.2) is 24.3 Å². The lowest BCUT2D eigenvalue weighted by Gasteiger charge is -2.46. The number of halogens is 1. The molecule has 0 spiro atoms. The summed E-state index contributed by atoms with van der Waals surface area (Å²) < 4.78 is 37.2. The standard InChI is InChI=1S/C30H32FNO13/c1-11-22(35)27(40)29(2,31)28(44-11)45-15-8-30(41,16(33)10-43-17(34)9-32)7-13-19(15)26(39)21-20(24(13)37)23(36)12-5-4-6-14(42-3)18(12)25(21)38/h4-6,11,15,22,27-28,35,37,39-41H,7-10,32H2,1-3H3/t11-,15-,22?,27+,28+,29+,30-/m0/s1. The van der Waals surface area contributed by atoms with Gasteiger partial charge in [-0.05, 0) is 19.9 Å². The number of nitrogens with two attached hydrogens (primary N) is 1. The largest absolute Gasteiger partial charge is 0.507 e. The molecule has 2 aromatic rings. The molecule has 1 unspecified atom stereocenters. The zero-order chi connectivity index (χ0) is 33.2. The summed E-state index contributed by atoms with van der Waals surface area (Å²) in [7, 11) is 1.27. The number of aliphatic hydroxyl groups is 3. The fourth-order valence-corrected chi connectivity index (χ4v) is 6.04. The van der Waals surface area contributed by atoms with Crippen molar-refractivity contribution in [3.63, 3.8) is 0 Å². The maximum absolute atomic E-state index is 15.8. The molecule has 2 aliphatic carbocycles. The zero-order valence-corrected chi connectivity index (χ0v) is 24.4. The van der Waals surface area contributed by atoms with Gasteiger partial charge < -0.3 is 50.2 Å². The van der Waals surface area contributed by atoms with Crippen LogP contribution >= 0.6 is 0 Å². The van der Waals surface area contributed by atoms with Crippen molar-refractivity contribution >= 4 is 23.3 Å². The van der Waals surface area contributed by atoms with E-state index in [-0.39, 0.29) is 28.0 Å². The molecule has 45 heavy (non-hydrogen) atoms. The Morgan fingerprint density at radius 3 is 2.42 bits per heavy atom. The molecule has 1 heterocycles. The molecule has 0 saturated carbocycles. The number of methoxy groups -OCH3 is 1. The Hall–Kier alpha value is -3.99. The van der Waals surface area contributed by atoms with Crippen molar-refractivity contribution in [3.05, 3.63) is 51.6 Å². The highest BCUT2D eigenvalue weighted by atomic mass is 19.1. The molecule has 0 aromatic heterocycles. The van der Waals surface area contributed by atoms with Crippen LogP contribution in [0.1, 0.15) is 69.3 Å². The van der Waals surface area contributed by atoms with Gasteiger partial charge in [0.1, 0.15) is 35.1 Å². The van der Waals surface area contributed by atoms with E-state index in [4.69, 9.17) is 24.7 Å². The molecule has 7 atom stereocenters. The van der Waals surface area contributed by atoms with Crippen LogP contribution in [-0.2, 0) is 30.2 Å². The molecular weight excluding hydrogens is 601 g/mol. The second-order valence-electron chi connectivity index (χ2n) is 11.5. The molecule has 15 heteroatoms. The Labute approximate surface area is 255 Å². The fourth-order valence-electron chi connectivity index (χ4n) is 6.04. The van der Waals surface area contributed by atoms with E-state index in [2.05, 4.69) is 0 Å². The fraction of sp³-hybridized carbons (Fsp3) is 0.467. The lowest BCUT2D eigenvalue weighted by Crippen LogP contribution is -2.62. The molecular formula is C30H32FNO13. The molecule has 1 fully saturated rings. The third-order valence-electron chi connectivity index (χ3n) is 8.60. The SMILES string of the molecule is COc1cccc2c1C(=O)c1c(O)c3c(c(O)c1C2=O)C[C@@](O)(C(=O)COC(=O)CN)C[C@@H]3O[C@H]1O[C@@H](C)C(O)[C@@H](O)[C@@]1(C)F. The van der Waals surface area contributed by atoms with Crippen molar-refractivity contribution in [2.45, 2.75) is 68.7 Å². The number of aromatic hydroxyl groups is 2. The molecule has 1 aliphatic heterocycles. The number of aliphatic hydroxyl groups excluding tert-OH is 2.